The molecule has 1 unspecified atom stereocenters. The molecule has 1 atom stereocenters. The molecule has 2 aromatic carbocycles. The Kier molecular flexibility index (Phi) is 6.23. The van der Waals surface area contributed by atoms with Gasteiger partial charge in [-0.25, -0.2) is 0 Å². The molecule has 0 aliphatic rings. The minimum absolute atomic E-state index is 0.0755. The van der Waals surface area contributed by atoms with Gasteiger partial charge in [0.05, 0.1) is 17.0 Å². The van der Waals surface area contributed by atoms with Crippen molar-refractivity contribution in [1.29, 1.82) is 0 Å². The van der Waals surface area contributed by atoms with Crippen molar-refractivity contribution in [3.05, 3.63) is 46.4 Å². The van der Waals surface area contributed by atoms with Gasteiger partial charge in [0.2, 0.25) is 5.91 Å². The molecule has 0 heterocycles. The molecule has 0 aliphatic heterocycles. The van der Waals surface area contributed by atoms with E-state index in [0.29, 0.717) is 28.8 Å². The predicted molar refractivity (Wildman–Crippen MR) is 96.2 cm³/mol. The van der Waals surface area contributed by atoms with E-state index in [1.807, 2.05) is 30.3 Å². The van der Waals surface area contributed by atoms with Crippen LogP contribution in [0, 0.1) is 0 Å². The van der Waals surface area contributed by atoms with Gasteiger partial charge in [-0.2, -0.15) is 0 Å². The molecule has 0 saturated carbocycles. The Morgan fingerprint density at radius 1 is 1.25 bits per heavy atom. The number of aromatic hydroxyl groups is 2. The van der Waals surface area contributed by atoms with E-state index >= 15 is 0 Å². The van der Waals surface area contributed by atoms with Crippen molar-refractivity contribution < 1.29 is 19.7 Å². The third kappa shape index (κ3) is 3.88. The molecule has 3 N–H and O–H groups in total. The average Bonchev–Trinajstić information content (AvgIpc) is 2.58. The first-order chi connectivity index (χ1) is 11.5. The zero-order valence-corrected chi connectivity index (χ0v) is 15.1. The number of amides is 1. The van der Waals surface area contributed by atoms with Crippen LogP contribution in [-0.4, -0.2) is 36.4 Å². The number of methoxy groups -OCH3 is 1. The second-order valence-electron chi connectivity index (χ2n) is 5.39. The number of hydrogen-bond acceptors (Lipinski definition) is 4. The maximum atomic E-state index is 12.4. The van der Waals surface area contributed by atoms with Crippen molar-refractivity contribution in [2.75, 3.05) is 20.3 Å². The van der Waals surface area contributed by atoms with Crippen molar-refractivity contribution in [3.63, 3.8) is 0 Å². The van der Waals surface area contributed by atoms with Gasteiger partial charge < -0.3 is 20.3 Å². The minimum atomic E-state index is -0.579. The van der Waals surface area contributed by atoms with Crippen molar-refractivity contribution in [1.82, 2.24) is 5.32 Å². The molecule has 6 heteroatoms. The van der Waals surface area contributed by atoms with Crippen molar-refractivity contribution in [2.45, 2.75) is 12.8 Å². The molecule has 1 amide bonds. The predicted octanol–water partition coefficient (Wildman–Crippen LogP) is 3.39. The molecule has 0 radical (unpaired) electrons. The van der Waals surface area contributed by atoms with Crippen LogP contribution in [0.5, 0.6) is 11.5 Å². The Balaban J connectivity index is 2.49. The van der Waals surface area contributed by atoms with Crippen LogP contribution in [0.2, 0.25) is 0 Å². The number of hydrogen-bond donors (Lipinski definition) is 3. The lowest BCUT2D eigenvalue weighted by molar-refractivity contribution is -0.122. The summed E-state index contributed by atoms with van der Waals surface area (Å²) in [7, 11) is 1.56. The van der Waals surface area contributed by atoms with Crippen LogP contribution in [0.4, 0.5) is 0 Å². The standard InChI is InChI=1S/C18H20BrNO4/c1-11(18(23)20-8-9-24-2)15-16(12-6-4-3-5-7-12)13(21)10-14(22)17(15)19/h3-7,10-11,21-22H,8-9H2,1-2H3,(H,20,23). The zero-order chi connectivity index (χ0) is 17.7. The monoisotopic (exact) mass is 393 g/mol. The van der Waals surface area contributed by atoms with Crippen LogP contribution < -0.4 is 5.32 Å². The lowest BCUT2D eigenvalue weighted by Gasteiger charge is -2.20. The molecule has 5 nitrogen and oxygen atoms in total. The summed E-state index contributed by atoms with van der Waals surface area (Å²) in [6.07, 6.45) is 0. The second kappa shape index (κ2) is 8.17. The number of carbonyl (C=O) groups excluding carboxylic acids is 1. The SMILES string of the molecule is COCCNC(=O)C(C)c1c(Br)c(O)cc(O)c1-c1ccccc1. The average molecular weight is 394 g/mol. The van der Waals surface area contributed by atoms with E-state index in [9.17, 15) is 15.0 Å². The van der Waals surface area contributed by atoms with E-state index in [4.69, 9.17) is 4.74 Å². The quantitative estimate of drug-likeness (QED) is 0.657. The number of phenolic OH excluding ortho intramolecular Hbond substituents is 2. The molecule has 0 spiro atoms. The van der Waals surface area contributed by atoms with Gasteiger partial charge in [-0.05, 0) is 34.0 Å². The Morgan fingerprint density at radius 3 is 2.54 bits per heavy atom. The highest BCUT2D eigenvalue weighted by molar-refractivity contribution is 9.10. The van der Waals surface area contributed by atoms with Crippen LogP contribution in [0.15, 0.2) is 40.9 Å². The summed E-state index contributed by atoms with van der Waals surface area (Å²) in [5.74, 6) is -0.980. The first-order valence-electron chi connectivity index (χ1n) is 7.53. The molecular weight excluding hydrogens is 374 g/mol. The van der Waals surface area contributed by atoms with Gasteiger partial charge in [-0.15, -0.1) is 0 Å². The van der Waals surface area contributed by atoms with Crippen LogP contribution in [0.3, 0.4) is 0 Å². The Morgan fingerprint density at radius 2 is 1.92 bits per heavy atom. The fourth-order valence-electron chi connectivity index (χ4n) is 2.53. The van der Waals surface area contributed by atoms with E-state index in [2.05, 4.69) is 21.2 Å². The van der Waals surface area contributed by atoms with E-state index in [0.717, 1.165) is 5.56 Å². The number of halogens is 1. The summed E-state index contributed by atoms with van der Waals surface area (Å²) in [5, 5.41) is 23.2. The van der Waals surface area contributed by atoms with Gasteiger partial charge in [0.25, 0.3) is 0 Å². The van der Waals surface area contributed by atoms with E-state index < -0.39 is 5.92 Å². The van der Waals surface area contributed by atoms with Gasteiger partial charge in [0, 0.05) is 25.3 Å². The van der Waals surface area contributed by atoms with Crippen molar-refractivity contribution in [3.8, 4) is 22.6 Å². The number of rotatable bonds is 6. The first-order valence-corrected chi connectivity index (χ1v) is 8.33. The summed E-state index contributed by atoms with van der Waals surface area (Å²) < 4.78 is 5.33. The van der Waals surface area contributed by atoms with Crippen LogP contribution in [-0.2, 0) is 9.53 Å². The van der Waals surface area contributed by atoms with Gasteiger partial charge >= 0.3 is 0 Å². The van der Waals surface area contributed by atoms with Gasteiger partial charge in [0.1, 0.15) is 11.5 Å². The summed E-state index contributed by atoms with van der Waals surface area (Å²) in [6.45, 7) is 2.53. The molecule has 2 rings (SSSR count). The minimum Gasteiger partial charge on any atom is -0.507 e. The molecule has 128 valence electrons. The number of ether oxygens (including phenoxy) is 1. The molecule has 0 bridgehead atoms. The molecule has 2 aromatic rings. The van der Waals surface area contributed by atoms with E-state index in [-0.39, 0.29) is 17.4 Å². The van der Waals surface area contributed by atoms with Gasteiger partial charge in [-0.1, -0.05) is 30.3 Å². The Bertz CT molecular complexity index is 719. The highest BCUT2D eigenvalue weighted by Gasteiger charge is 2.26. The summed E-state index contributed by atoms with van der Waals surface area (Å²) in [5.41, 5.74) is 1.82. The fraction of sp³-hybridized carbons (Fsp3) is 0.278. The summed E-state index contributed by atoms with van der Waals surface area (Å²) in [6, 6.07) is 10.5. The van der Waals surface area contributed by atoms with Gasteiger partial charge in [0.15, 0.2) is 0 Å². The highest BCUT2D eigenvalue weighted by Crippen LogP contribution is 2.45. The lowest BCUT2D eigenvalue weighted by atomic mass is 9.90. The smallest absolute Gasteiger partial charge is 0.227 e. The summed E-state index contributed by atoms with van der Waals surface area (Å²) >= 11 is 3.35. The van der Waals surface area contributed by atoms with Gasteiger partial charge in [-0.3, -0.25) is 4.79 Å². The lowest BCUT2D eigenvalue weighted by Crippen LogP contribution is -2.31. The number of phenols is 2. The second-order valence-corrected chi connectivity index (χ2v) is 6.18. The van der Waals surface area contributed by atoms with Crippen LogP contribution >= 0.6 is 15.9 Å². The number of nitrogens with one attached hydrogen (secondary N) is 1. The first kappa shape index (κ1) is 18.3. The molecule has 24 heavy (non-hydrogen) atoms. The topological polar surface area (TPSA) is 78.8 Å². The fourth-order valence-corrected chi connectivity index (χ4v) is 3.18. The van der Waals surface area contributed by atoms with Crippen molar-refractivity contribution in [2.24, 2.45) is 0 Å². The maximum Gasteiger partial charge on any atom is 0.227 e. The van der Waals surface area contributed by atoms with E-state index in [1.54, 1.807) is 14.0 Å². The largest absolute Gasteiger partial charge is 0.507 e. The highest BCUT2D eigenvalue weighted by atomic mass is 79.9. The third-order valence-corrected chi connectivity index (χ3v) is 4.59. The molecule has 0 fully saturated rings. The number of carbonyl (C=O) groups is 1. The Labute approximate surface area is 149 Å². The Hall–Kier alpha value is -2.05. The normalized spacial score (nSPS) is 12.0. The summed E-state index contributed by atoms with van der Waals surface area (Å²) in [4.78, 5) is 12.4. The molecule has 0 saturated heterocycles. The zero-order valence-electron chi connectivity index (χ0n) is 13.5. The maximum absolute atomic E-state index is 12.4. The number of benzene rings is 2. The molecule has 0 aromatic heterocycles. The van der Waals surface area contributed by atoms with Crippen molar-refractivity contribution >= 4 is 21.8 Å². The molecule has 0 aliphatic carbocycles. The molecular formula is C18H20BrNO4. The third-order valence-electron chi connectivity index (χ3n) is 3.75. The van der Waals surface area contributed by atoms with E-state index in [1.165, 1.54) is 6.07 Å². The van der Waals surface area contributed by atoms with Crippen LogP contribution in [0.25, 0.3) is 11.1 Å². The van der Waals surface area contributed by atoms with Crippen LogP contribution in [0.1, 0.15) is 18.4 Å².